The number of carboxylic acid groups (broad SMARTS) is 1. The van der Waals surface area contributed by atoms with Gasteiger partial charge in [0.2, 0.25) is 0 Å². The van der Waals surface area contributed by atoms with E-state index in [0.29, 0.717) is 11.8 Å². The van der Waals surface area contributed by atoms with Gasteiger partial charge in [0.1, 0.15) is 5.75 Å². The summed E-state index contributed by atoms with van der Waals surface area (Å²) in [6, 6.07) is 5.57. The van der Waals surface area contributed by atoms with Crippen molar-refractivity contribution in [1.29, 1.82) is 0 Å². The van der Waals surface area contributed by atoms with Crippen molar-refractivity contribution >= 4 is 17.8 Å². The Balaban J connectivity index is 2.51. The van der Waals surface area contributed by atoms with Crippen LogP contribution in [0.1, 0.15) is 18.1 Å². The number of hydrazine groups is 1. The predicted molar refractivity (Wildman–Crippen MR) is 79.1 cm³/mol. The highest BCUT2D eigenvalue weighted by molar-refractivity contribution is 5.95. The monoisotopic (exact) mass is 306 g/mol. The van der Waals surface area contributed by atoms with E-state index in [1.165, 1.54) is 6.92 Å². The van der Waals surface area contributed by atoms with Crippen LogP contribution in [0.15, 0.2) is 30.4 Å². The minimum atomic E-state index is -1.26. The van der Waals surface area contributed by atoms with Gasteiger partial charge in [-0.05, 0) is 44.0 Å². The molecule has 1 aromatic carbocycles. The molecule has 0 radical (unpaired) electrons. The van der Waals surface area contributed by atoms with E-state index < -0.39 is 23.9 Å². The molecular formula is C15H18N2O5. The molecule has 2 amide bonds. The topological polar surface area (TPSA) is 105 Å². The van der Waals surface area contributed by atoms with Gasteiger partial charge in [-0.3, -0.25) is 20.4 Å². The molecule has 3 N–H and O–H groups in total. The van der Waals surface area contributed by atoms with E-state index >= 15 is 0 Å². The molecule has 0 heterocycles. The van der Waals surface area contributed by atoms with Crippen LogP contribution in [0.25, 0.3) is 0 Å². The number of benzene rings is 1. The summed E-state index contributed by atoms with van der Waals surface area (Å²) in [6.45, 7) is 5.37. The second-order valence-corrected chi connectivity index (χ2v) is 4.73. The quantitative estimate of drug-likeness (QED) is 0.553. The van der Waals surface area contributed by atoms with Crippen molar-refractivity contribution in [3.63, 3.8) is 0 Å². The lowest BCUT2D eigenvalue weighted by molar-refractivity contribution is -0.132. The molecule has 0 aliphatic rings. The van der Waals surface area contributed by atoms with Crippen LogP contribution >= 0.6 is 0 Å². The first-order valence-electron chi connectivity index (χ1n) is 6.53. The fourth-order valence-electron chi connectivity index (χ4n) is 1.67. The fourth-order valence-corrected chi connectivity index (χ4v) is 1.67. The van der Waals surface area contributed by atoms with E-state index in [2.05, 4.69) is 10.9 Å². The second-order valence-electron chi connectivity index (χ2n) is 4.73. The Bertz CT molecular complexity index is 590. The molecule has 0 bridgehead atoms. The molecule has 0 aliphatic carbocycles. The lowest BCUT2D eigenvalue weighted by atomic mass is 10.1. The maximum atomic E-state index is 11.8. The van der Waals surface area contributed by atoms with Gasteiger partial charge in [-0.2, -0.15) is 0 Å². The van der Waals surface area contributed by atoms with Crippen LogP contribution in [0.4, 0.5) is 0 Å². The molecule has 1 rings (SSSR count). The number of carboxylic acids is 1. The molecule has 7 nitrogen and oxygen atoms in total. The number of rotatable bonds is 5. The maximum absolute atomic E-state index is 11.8. The minimum absolute atomic E-state index is 0.553. The van der Waals surface area contributed by atoms with Crippen LogP contribution in [0.3, 0.4) is 0 Å². The third-order valence-corrected chi connectivity index (χ3v) is 2.56. The van der Waals surface area contributed by atoms with Crippen LogP contribution in [-0.4, -0.2) is 29.0 Å². The van der Waals surface area contributed by atoms with Gasteiger partial charge in [-0.1, -0.05) is 6.07 Å². The summed E-state index contributed by atoms with van der Waals surface area (Å²) in [5.74, 6) is -2.02. The van der Waals surface area contributed by atoms with E-state index in [1.807, 2.05) is 19.9 Å². The van der Waals surface area contributed by atoms with Crippen LogP contribution in [0.5, 0.6) is 5.75 Å². The number of carbonyl (C=O) groups is 3. The molecule has 22 heavy (non-hydrogen) atoms. The fraction of sp³-hybridized carbons (Fsp3) is 0.267. The number of aliphatic carboxylic acids is 1. The normalized spacial score (nSPS) is 11.8. The molecule has 0 saturated carbocycles. The summed E-state index contributed by atoms with van der Waals surface area (Å²) >= 11 is 0. The highest BCUT2D eigenvalue weighted by Gasteiger charge is 2.15. The third kappa shape index (κ3) is 6.08. The Morgan fingerprint density at radius 1 is 1.09 bits per heavy atom. The molecule has 1 unspecified atom stereocenters. The van der Waals surface area contributed by atoms with Crippen molar-refractivity contribution < 1.29 is 24.2 Å². The molecule has 0 aromatic heterocycles. The standard InChI is InChI=1S/C15H18N2O5/c1-9-6-10(2)8-12(7-9)22-11(3)15(21)17-16-13(18)4-5-14(19)20/h4-8,11H,1-3H3,(H,16,18)(H,17,21)(H,19,20). The number of aryl methyl sites for hydroxylation is 2. The summed E-state index contributed by atoms with van der Waals surface area (Å²) in [6.07, 6.45) is 0.625. The number of amides is 2. The van der Waals surface area contributed by atoms with Crippen LogP contribution < -0.4 is 15.6 Å². The Morgan fingerprint density at radius 3 is 2.23 bits per heavy atom. The van der Waals surface area contributed by atoms with E-state index in [1.54, 1.807) is 12.1 Å². The molecule has 0 spiro atoms. The van der Waals surface area contributed by atoms with Gasteiger partial charge in [0.15, 0.2) is 6.10 Å². The predicted octanol–water partition coefficient (Wildman–Crippen LogP) is 0.859. The van der Waals surface area contributed by atoms with Gasteiger partial charge in [0.05, 0.1) is 0 Å². The first kappa shape index (κ1) is 17.2. The zero-order valence-corrected chi connectivity index (χ0v) is 12.5. The minimum Gasteiger partial charge on any atom is -0.481 e. The van der Waals surface area contributed by atoms with Gasteiger partial charge in [0, 0.05) is 12.2 Å². The number of hydrogen-bond acceptors (Lipinski definition) is 4. The van der Waals surface area contributed by atoms with Crippen molar-refractivity contribution in [2.45, 2.75) is 26.9 Å². The highest BCUT2D eigenvalue weighted by Crippen LogP contribution is 2.17. The molecule has 1 aromatic rings. The number of carbonyl (C=O) groups excluding carboxylic acids is 2. The van der Waals surface area contributed by atoms with Crippen molar-refractivity contribution in [2.24, 2.45) is 0 Å². The lowest BCUT2D eigenvalue weighted by Gasteiger charge is -2.15. The van der Waals surface area contributed by atoms with E-state index in [-0.39, 0.29) is 0 Å². The molecule has 0 fully saturated rings. The van der Waals surface area contributed by atoms with Crippen LogP contribution in [-0.2, 0) is 14.4 Å². The van der Waals surface area contributed by atoms with E-state index in [0.717, 1.165) is 17.2 Å². The van der Waals surface area contributed by atoms with Crippen molar-refractivity contribution in [2.75, 3.05) is 0 Å². The van der Waals surface area contributed by atoms with Crippen LogP contribution in [0.2, 0.25) is 0 Å². The molecule has 0 saturated heterocycles. The lowest BCUT2D eigenvalue weighted by Crippen LogP contribution is -2.46. The van der Waals surface area contributed by atoms with Gasteiger partial charge < -0.3 is 9.84 Å². The van der Waals surface area contributed by atoms with Crippen molar-refractivity contribution in [3.05, 3.63) is 41.5 Å². The summed E-state index contributed by atoms with van der Waals surface area (Å²) in [7, 11) is 0. The van der Waals surface area contributed by atoms with E-state index in [9.17, 15) is 14.4 Å². The Kier molecular flexibility index (Phi) is 6.12. The zero-order valence-electron chi connectivity index (χ0n) is 12.5. The van der Waals surface area contributed by atoms with Crippen molar-refractivity contribution in [1.82, 2.24) is 10.9 Å². The highest BCUT2D eigenvalue weighted by atomic mass is 16.5. The number of hydrogen-bond donors (Lipinski definition) is 3. The molecule has 0 aliphatic heterocycles. The third-order valence-electron chi connectivity index (χ3n) is 2.56. The molecule has 118 valence electrons. The summed E-state index contributed by atoms with van der Waals surface area (Å²) in [5, 5.41) is 8.36. The summed E-state index contributed by atoms with van der Waals surface area (Å²) in [4.78, 5) is 33.2. The number of nitrogens with one attached hydrogen (secondary N) is 2. The maximum Gasteiger partial charge on any atom is 0.328 e. The average Bonchev–Trinajstić information content (AvgIpc) is 2.41. The Labute approximate surface area is 127 Å². The Hall–Kier alpha value is -2.83. The van der Waals surface area contributed by atoms with Gasteiger partial charge in [-0.25, -0.2) is 4.79 Å². The van der Waals surface area contributed by atoms with E-state index in [4.69, 9.17) is 9.84 Å². The molecular weight excluding hydrogens is 288 g/mol. The second kappa shape index (κ2) is 7.82. The largest absolute Gasteiger partial charge is 0.481 e. The number of ether oxygens (including phenoxy) is 1. The van der Waals surface area contributed by atoms with Gasteiger partial charge in [0.25, 0.3) is 11.8 Å². The smallest absolute Gasteiger partial charge is 0.328 e. The first-order valence-corrected chi connectivity index (χ1v) is 6.53. The van der Waals surface area contributed by atoms with Gasteiger partial charge in [-0.15, -0.1) is 0 Å². The average molecular weight is 306 g/mol. The van der Waals surface area contributed by atoms with Crippen molar-refractivity contribution in [3.8, 4) is 5.75 Å². The van der Waals surface area contributed by atoms with Gasteiger partial charge >= 0.3 is 5.97 Å². The first-order chi connectivity index (χ1) is 10.3. The molecule has 7 heteroatoms. The van der Waals surface area contributed by atoms with Crippen LogP contribution in [0, 0.1) is 13.8 Å². The zero-order chi connectivity index (χ0) is 16.7. The molecule has 1 atom stereocenters. The summed E-state index contributed by atoms with van der Waals surface area (Å²) in [5.41, 5.74) is 6.22. The Morgan fingerprint density at radius 2 is 1.68 bits per heavy atom. The SMILES string of the molecule is Cc1cc(C)cc(OC(C)C(=O)NNC(=O)C=CC(=O)O)c1. The summed E-state index contributed by atoms with van der Waals surface area (Å²) < 4.78 is 5.49.